The Morgan fingerprint density at radius 2 is 1.75 bits per heavy atom. The first-order chi connectivity index (χ1) is 17.4. The number of thiazole rings is 1. The number of methoxy groups -OCH3 is 1. The molecule has 1 aromatic carbocycles. The zero-order chi connectivity index (χ0) is 25.9. The molecule has 1 aromatic heterocycles. The van der Waals surface area contributed by atoms with Crippen LogP contribution >= 0.6 is 11.3 Å². The molecule has 1 saturated heterocycles. The van der Waals surface area contributed by atoms with Gasteiger partial charge in [-0.3, -0.25) is 14.4 Å². The molecule has 0 unspecified atom stereocenters. The molecule has 0 radical (unpaired) electrons. The lowest BCUT2D eigenvalue weighted by Gasteiger charge is -2.34. The third-order valence-corrected chi connectivity index (χ3v) is 6.85. The van der Waals surface area contributed by atoms with Crippen LogP contribution in [0.5, 0.6) is 0 Å². The van der Waals surface area contributed by atoms with Gasteiger partial charge in [-0.05, 0) is 12.8 Å². The molecule has 0 saturated carbocycles. The summed E-state index contributed by atoms with van der Waals surface area (Å²) in [5, 5.41) is 2.88. The van der Waals surface area contributed by atoms with Gasteiger partial charge in [-0.25, -0.2) is 9.78 Å². The first-order valence-corrected chi connectivity index (χ1v) is 12.8. The van der Waals surface area contributed by atoms with Crippen molar-refractivity contribution in [2.24, 2.45) is 0 Å². The fraction of sp³-hybridized carbons (Fsp3) is 0.480. The van der Waals surface area contributed by atoms with Crippen molar-refractivity contribution in [2.45, 2.75) is 32.6 Å². The third-order valence-electron chi connectivity index (χ3n) is 5.74. The summed E-state index contributed by atoms with van der Waals surface area (Å²) in [4.78, 5) is 57.6. The molecule has 194 valence electrons. The Kier molecular flexibility index (Phi) is 10.2. The summed E-state index contributed by atoms with van der Waals surface area (Å²) in [5.41, 5.74) is 1.48. The fourth-order valence-corrected chi connectivity index (χ4v) is 4.63. The van der Waals surface area contributed by atoms with Crippen LogP contribution in [0.4, 0.5) is 4.79 Å². The van der Waals surface area contributed by atoms with E-state index in [4.69, 9.17) is 9.47 Å². The smallest absolute Gasteiger partial charge is 0.409 e. The number of piperazine rings is 1. The number of ether oxygens (including phenoxy) is 2. The quantitative estimate of drug-likeness (QED) is 0.381. The Morgan fingerprint density at radius 3 is 2.42 bits per heavy atom. The zero-order valence-corrected chi connectivity index (χ0v) is 21.5. The van der Waals surface area contributed by atoms with E-state index in [1.807, 2.05) is 37.3 Å². The molecule has 0 atom stereocenters. The molecule has 3 rings (SSSR count). The van der Waals surface area contributed by atoms with Crippen molar-refractivity contribution in [3.05, 3.63) is 40.2 Å². The molecule has 2 aromatic rings. The number of aromatic nitrogens is 1. The normalized spacial score (nSPS) is 13.3. The van der Waals surface area contributed by atoms with Gasteiger partial charge >= 0.3 is 12.1 Å². The van der Waals surface area contributed by atoms with Gasteiger partial charge in [-0.15, -0.1) is 11.3 Å². The van der Waals surface area contributed by atoms with Gasteiger partial charge in [0.15, 0.2) is 5.01 Å². The number of nitrogens with one attached hydrogen (secondary N) is 1. The molecule has 0 aliphatic carbocycles. The Bertz CT molecular complexity index is 1050. The second-order valence-corrected chi connectivity index (χ2v) is 9.34. The van der Waals surface area contributed by atoms with Crippen LogP contribution < -0.4 is 5.32 Å². The topological polar surface area (TPSA) is 118 Å². The van der Waals surface area contributed by atoms with Gasteiger partial charge in [0, 0.05) is 36.6 Å². The predicted octanol–water partition coefficient (Wildman–Crippen LogP) is 2.73. The second-order valence-electron chi connectivity index (χ2n) is 8.25. The number of hydrogen-bond acceptors (Lipinski definition) is 8. The summed E-state index contributed by atoms with van der Waals surface area (Å²) >= 11 is 1.20. The van der Waals surface area contributed by atoms with Gasteiger partial charge in [-0.1, -0.05) is 43.7 Å². The van der Waals surface area contributed by atoms with E-state index in [0.29, 0.717) is 44.9 Å². The van der Waals surface area contributed by atoms with Crippen LogP contribution in [0.3, 0.4) is 0 Å². The van der Waals surface area contributed by atoms with Gasteiger partial charge in [0.25, 0.3) is 5.91 Å². The standard InChI is InChI=1S/C25H32N4O6S/c1-3-4-16-35-25(33)29-14-12-28(13-15-29)20(30)17-26-23(32)24-27-22(18-8-6-5-7-9-18)19(36-24)10-11-21(31)34-2/h5-9H,3-4,10-17H2,1-2H3,(H,26,32). The van der Waals surface area contributed by atoms with Crippen molar-refractivity contribution >= 4 is 35.2 Å². The van der Waals surface area contributed by atoms with E-state index in [1.54, 1.807) is 9.80 Å². The minimum Gasteiger partial charge on any atom is -0.469 e. The molecule has 11 heteroatoms. The molecule has 1 aliphatic heterocycles. The lowest BCUT2D eigenvalue weighted by atomic mass is 10.1. The highest BCUT2D eigenvalue weighted by Gasteiger charge is 2.26. The summed E-state index contributed by atoms with van der Waals surface area (Å²) in [6.07, 6.45) is 1.99. The SMILES string of the molecule is CCCCOC(=O)N1CCN(C(=O)CNC(=O)c2nc(-c3ccccc3)c(CCC(=O)OC)s2)CC1. The second kappa shape index (κ2) is 13.6. The fourth-order valence-electron chi connectivity index (χ4n) is 3.63. The number of hydrogen-bond donors (Lipinski definition) is 1. The molecule has 1 fully saturated rings. The maximum atomic E-state index is 12.8. The highest BCUT2D eigenvalue weighted by Crippen LogP contribution is 2.29. The first kappa shape index (κ1) is 27.1. The number of unbranched alkanes of at least 4 members (excludes halogenated alkanes) is 1. The molecule has 1 N–H and O–H groups in total. The lowest BCUT2D eigenvalue weighted by molar-refractivity contribution is -0.140. The minimum atomic E-state index is -0.451. The van der Waals surface area contributed by atoms with E-state index in [1.165, 1.54) is 18.4 Å². The number of esters is 1. The predicted molar refractivity (Wildman–Crippen MR) is 135 cm³/mol. The number of rotatable bonds is 10. The van der Waals surface area contributed by atoms with Crippen LogP contribution in [0, 0.1) is 0 Å². The minimum absolute atomic E-state index is 0.169. The van der Waals surface area contributed by atoms with Crippen molar-refractivity contribution in [1.82, 2.24) is 20.1 Å². The molecular formula is C25H32N4O6S. The molecule has 10 nitrogen and oxygen atoms in total. The number of aryl methyl sites for hydroxylation is 1. The Hall–Kier alpha value is -3.47. The van der Waals surface area contributed by atoms with E-state index in [2.05, 4.69) is 10.3 Å². The first-order valence-electron chi connectivity index (χ1n) is 12.0. The summed E-state index contributed by atoms with van der Waals surface area (Å²) in [7, 11) is 1.34. The van der Waals surface area contributed by atoms with E-state index < -0.39 is 5.91 Å². The molecule has 36 heavy (non-hydrogen) atoms. The Balaban J connectivity index is 1.55. The number of carbonyl (C=O) groups excluding carboxylic acids is 4. The average Bonchev–Trinajstić information content (AvgIpc) is 3.35. The van der Waals surface area contributed by atoms with Crippen LogP contribution in [0.1, 0.15) is 40.9 Å². The Morgan fingerprint density at radius 1 is 1.06 bits per heavy atom. The highest BCUT2D eigenvalue weighted by molar-refractivity contribution is 7.14. The number of carbonyl (C=O) groups is 4. The number of nitrogens with zero attached hydrogens (tertiary/aromatic N) is 3. The van der Waals surface area contributed by atoms with Crippen molar-refractivity contribution in [1.29, 1.82) is 0 Å². The van der Waals surface area contributed by atoms with E-state index in [-0.39, 0.29) is 35.9 Å². The third kappa shape index (κ3) is 7.51. The summed E-state index contributed by atoms with van der Waals surface area (Å²) in [6, 6.07) is 9.42. The maximum Gasteiger partial charge on any atom is 0.409 e. The van der Waals surface area contributed by atoms with Crippen molar-refractivity contribution in [3.8, 4) is 11.3 Å². The number of benzene rings is 1. The summed E-state index contributed by atoms with van der Waals surface area (Å²) in [5.74, 6) is -1.02. The van der Waals surface area contributed by atoms with E-state index in [9.17, 15) is 19.2 Å². The van der Waals surface area contributed by atoms with Gasteiger partial charge in [0.2, 0.25) is 5.91 Å². The van der Waals surface area contributed by atoms with Crippen LogP contribution in [0.25, 0.3) is 11.3 Å². The Labute approximate surface area is 214 Å². The molecule has 3 amide bonds. The van der Waals surface area contributed by atoms with Gasteiger partial charge < -0.3 is 24.6 Å². The van der Waals surface area contributed by atoms with Gasteiger partial charge in [-0.2, -0.15) is 0 Å². The summed E-state index contributed by atoms with van der Waals surface area (Å²) < 4.78 is 9.95. The van der Waals surface area contributed by atoms with Crippen LogP contribution in [-0.4, -0.2) is 85.1 Å². The average molecular weight is 517 g/mol. The molecule has 1 aliphatic rings. The van der Waals surface area contributed by atoms with Crippen LogP contribution in [0.15, 0.2) is 30.3 Å². The largest absolute Gasteiger partial charge is 0.469 e. The van der Waals surface area contributed by atoms with Gasteiger partial charge in [0.05, 0.1) is 32.4 Å². The lowest BCUT2D eigenvalue weighted by Crippen LogP contribution is -2.52. The number of amides is 3. The summed E-state index contributed by atoms with van der Waals surface area (Å²) in [6.45, 7) is 3.79. The monoisotopic (exact) mass is 516 g/mol. The van der Waals surface area contributed by atoms with Crippen LogP contribution in [0.2, 0.25) is 0 Å². The van der Waals surface area contributed by atoms with E-state index in [0.717, 1.165) is 23.3 Å². The molecule has 0 bridgehead atoms. The molecule has 2 heterocycles. The van der Waals surface area contributed by atoms with E-state index >= 15 is 0 Å². The van der Waals surface area contributed by atoms with Crippen molar-refractivity contribution < 1.29 is 28.7 Å². The zero-order valence-electron chi connectivity index (χ0n) is 20.7. The van der Waals surface area contributed by atoms with Crippen molar-refractivity contribution in [3.63, 3.8) is 0 Å². The van der Waals surface area contributed by atoms with Crippen LogP contribution in [-0.2, 0) is 25.5 Å². The molecular weight excluding hydrogens is 484 g/mol. The maximum absolute atomic E-state index is 12.8. The van der Waals surface area contributed by atoms with Gasteiger partial charge in [0.1, 0.15) is 0 Å². The highest BCUT2D eigenvalue weighted by atomic mass is 32.1. The molecule has 0 spiro atoms. The van der Waals surface area contributed by atoms with Crippen molar-refractivity contribution in [2.75, 3.05) is 46.4 Å².